The molecule has 4 N–H and O–H groups in total. The molecule has 0 fully saturated rings. The zero-order chi connectivity index (χ0) is 40.9. The van der Waals surface area contributed by atoms with Crippen LogP contribution in [0.5, 0.6) is 17.2 Å². The van der Waals surface area contributed by atoms with Gasteiger partial charge in [0.2, 0.25) is 0 Å². The van der Waals surface area contributed by atoms with Crippen LogP contribution < -0.4 is 5.32 Å². The van der Waals surface area contributed by atoms with Gasteiger partial charge in [-0.15, -0.1) is 6.42 Å². The Bertz CT molecular complexity index is 2950. The highest BCUT2D eigenvalue weighted by Gasteiger charge is 2.33. The maximum atomic E-state index is 16.3. The van der Waals surface area contributed by atoms with Gasteiger partial charge in [0.25, 0.3) is 0 Å². The molecule has 8 bridgehead atoms. The van der Waals surface area contributed by atoms with Gasteiger partial charge in [-0.1, -0.05) is 42.3 Å². The molecule has 0 saturated carbocycles. The molecule has 0 unspecified atom stereocenters. The van der Waals surface area contributed by atoms with Crippen molar-refractivity contribution in [2.45, 2.75) is 0 Å². The molecule has 5 heterocycles. The molecule has 0 aromatic heterocycles. The first-order valence-corrected chi connectivity index (χ1v) is 18.1. The first kappa shape index (κ1) is 36.6. The van der Waals surface area contributed by atoms with Crippen molar-refractivity contribution in [2.75, 3.05) is 11.9 Å². The van der Waals surface area contributed by atoms with Gasteiger partial charge in [-0.3, -0.25) is 0 Å². The van der Waals surface area contributed by atoms with Crippen molar-refractivity contribution in [3.63, 3.8) is 0 Å². The van der Waals surface area contributed by atoms with Crippen molar-refractivity contribution in [3.8, 4) is 29.6 Å². The highest BCUT2D eigenvalue weighted by atomic mass is 19.2. The number of hydrogen-bond acceptors (Lipinski definition) is 8. The quantitative estimate of drug-likeness (QED) is 0.0884. The van der Waals surface area contributed by atoms with E-state index in [-0.39, 0.29) is 45.6 Å². The van der Waals surface area contributed by atoms with E-state index in [9.17, 15) is 15.3 Å². The van der Waals surface area contributed by atoms with Crippen LogP contribution in [0.1, 0.15) is 22.3 Å². The van der Waals surface area contributed by atoms with Crippen LogP contribution in [0.4, 0.5) is 23.2 Å². The summed E-state index contributed by atoms with van der Waals surface area (Å²) in [5, 5.41) is 33.9. The van der Waals surface area contributed by atoms with Crippen molar-refractivity contribution >= 4 is 50.8 Å². The SMILES string of the molecule is C#CCNc1c(F)c(F)c(C2=C3C=CC(=N3)C(c3cccc(O)c3)=C3C=CC(=N3)C(c3cccc(O)c3)=C3C=CC(=N3)C(c3cccc(O)c3)=C3C=CC2=N3)c(F)c1F. The molecule has 12 heteroatoms. The van der Waals surface area contributed by atoms with Gasteiger partial charge in [-0.2, -0.15) is 0 Å². The Morgan fingerprint density at radius 1 is 0.475 bits per heavy atom. The molecule has 9 rings (SSSR count). The number of nitrogens with zero attached hydrogens (tertiary/aromatic N) is 4. The molecule has 286 valence electrons. The van der Waals surface area contributed by atoms with E-state index >= 15 is 17.6 Å². The summed E-state index contributed by atoms with van der Waals surface area (Å²) in [6.45, 7) is -0.409. The van der Waals surface area contributed by atoms with Gasteiger partial charge in [0.1, 0.15) is 22.9 Å². The van der Waals surface area contributed by atoms with Crippen molar-refractivity contribution in [1.29, 1.82) is 0 Å². The van der Waals surface area contributed by atoms with E-state index in [1.165, 1.54) is 36.4 Å². The Labute approximate surface area is 334 Å². The number of hydrogen-bond donors (Lipinski definition) is 4. The number of benzene rings is 4. The van der Waals surface area contributed by atoms with Gasteiger partial charge in [0, 0.05) is 22.3 Å². The molecule has 0 radical (unpaired) electrons. The fourth-order valence-corrected chi connectivity index (χ4v) is 7.36. The first-order chi connectivity index (χ1) is 28.6. The number of nitrogens with one attached hydrogen (secondary N) is 1. The molecule has 5 aliphatic rings. The van der Waals surface area contributed by atoms with Gasteiger partial charge in [-0.25, -0.2) is 37.5 Å². The molecule has 0 spiro atoms. The summed E-state index contributed by atoms with van der Waals surface area (Å²) in [5.74, 6) is -4.81. The smallest absolute Gasteiger partial charge is 0.185 e. The Morgan fingerprint density at radius 2 is 0.814 bits per heavy atom. The van der Waals surface area contributed by atoms with Gasteiger partial charge >= 0.3 is 0 Å². The third-order valence-corrected chi connectivity index (χ3v) is 9.89. The Kier molecular flexibility index (Phi) is 8.98. The monoisotopic (exact) mass is 785 g/mol. The summed E-state index contributed by atoms with van der Waals surface area (Å²) in [6.07, 6.45) is 18.2. The van der Waals surface area contributed by atoms with E-state index in [0.717, 1.165) is 0 Å². The highest BCUT2D eigenvalue weighted by Crippen LogP contribution is 2.41. The number of anilines is 1. The maximum absolute atomic E-state index is 16.3. The van der Waals surface area contributed by atoms with Crippen LogP contribution in [0.15, 0.2) is 164 Å². The number of phenolic OH excluding ortho intramolecular Hbond substituents is 3. The second kappa shape index (κ2) is 14.5. The number of aliphatic imine (C=N–C) groups is 4. The molecule has 4 aromatic rings. The minimum absolute atomic E-state index is 0.0138. The predicted octanol–water partition coefficient (Wildman–Crippen LogP) is 9.41. The molecule has 0 amide bonds. The lowest BCUT2D eigenvalue weighted by molar-refractivity contribution is 0.455. The fourth-order valence-electron chi connectivity index (χ4n) is 7.36. The Morgan fingerprint density at radius 3 is 1.15 bits per heavy atom. The van der Waals surface area contributed by atoms with E-state index in [1.54, 1.807) is 78.9 Å². The van der Waals surface area contributed by atoms with Gasteiger partial charge < -0.3 is 20.6 Å². The number of rotatable bonds is 6. The molecule has 0 atom stereocenters. The summed E-state index contributed by atoms with van der Waals surface area (Å²) in [7, 11) is 0. The number of allylic oxidation sites excluding steroid dienone is 12. The maximum Gasteiger partial charge on any atom is 0.185 e. The summed E-state index contributed by atoms with van der Waals surface area (Å²) in [4.78, 5) is 19.7. The number of aromatic hydroxyl groups is 3. The van der Waals surface area contributed by atoms with E-state index < -0.39 is 41.1 Å². The third-order valence-electron chi connectivity index (χ3n) is 9.89. The van der Waals surface area contributed by atoms with Crippen LogP contribution in [-0.4, -0.2) is 44.7 Å². The van der Waals surface area contributed by atoms with Crippen LogP contribution in [0.25, 0.3) is 22.3 Å². The fraction of sp³-hybridized carbons (Fsp3) is 0.0213. The summed E-state index contributed by atoms with van der Waals surface area (Å²) >= 11 is 0. The van der Waals surface area contributed by atoms with Crippen molar-refractivity contribution in [2.24, 2.45) is 20.0 Å². The third kappa shape index (κ3) is 6.40. The summed E-state index contributed by atoms with van der Waals surface area (Å²) in [5.41, 5.74) is 2.38. The molecule has 5 aliphatic heterocycles. The van der Waals surface area contributed by atoms with E-state index in [2.05, 4.69) is 11.2 Å². The lowest BCUT2D eigenvalue weighted by Crippen LogP contribution is -2.13. The molecule has 4 aromatic carbocycles. The average molecular weight is 786 g/mol. The number of terminal acetylenes is 1. The minimum Gasteiger partial charge on any atom is -0.508 e. The standard InChI is InChI=1S/C47H27F4N5O3/c1-2-20-52-47-45(50)43(48)42(44(49)46(47)51)41-36-18-16-34(55-36)39(25-7-4-10-28(58)22-25)32-14-12-30(53-32)38(24-6-3-9-27(57)21-24)31-13-15-33(54-31)40(35-17-19-37(41)56-35)26-8-5-11-29(59)23-26/h1,3-19,21-23,52,57-59H,20H2. The second-order valence-electron chi connectivity index (χ2n) is 13.6. The summed E-state index contributed by atoms with van der Waals surface area (Å²) < 4.78 is 64.2. The van der Waals surface area contributed by atoms with E-state index in [1.807, 2.05) is 6.07 Å². The van der Waals surface area contributed by atoms with Gasteiger partial charge in [0.15, 0.2) is 23.3 Å². The molecule has 0 aliphatic carbocycles. The molecule has 59 heavy (non-hydrogen) atoms. The first-order valence-electron chi connectivity index (χ1n) is 18.1. The van der Waals surface area contributed by atoms with Crippen LogP contribution >= 0.6 is 0 Å². The van der Waals surface area contributed by atoms with Crippen LogP contribution in [-0.2, 0) is 0 Å². The van der Waals surface area contributed by atoms with Crippen molar-refractivity contribution < 1.29 is 32.9 Å². The topological polar surface area (TPSA) is 122 Å². The van der Waals surface area contributed by atoms with Gasteiger partial charge in [0.05, 0.1) is 57.7 Å². The minimum atomic E-state index is -1.71. The van der Waals surface area contributed by atoms with Gasteiger partial charge in [-0.05, 0) is 102 Å². The van der Waals surface area contributed by atoms with Crippen molar-refractivity contribution in [1.82, 2.24) is 0 Å². The lowest BCUT2D eigenvalue weighted by atomic mass is 9.96. The normalized spacial score (nSPS) is 16.6. The number of fused-ring (bicyclic) bond motifs is 4. The zero-order valence-corrected chi connectivity index (χ0v) is 30.5. The predicted molar refractivity (Wildman–Crippen MR) is 222 cm³/mol. The Balaban J connectivity index is 1.39. The summed E-state index contributed by atoms with van der Waals surface area (Å²) in [6, 6.07) is 19.3. The highest BCUT2D eigenvalue weighted by molar-refractivity contribution is 6.39. The molecule has 8 nitrogen and oxygen atoms in total. The van der Waals surface area contributed by atoms with Crippen molar-refractivity contribution in [3.05, 3.63) is 190 Å². The Hall–Kier alpha value is -8.04. The lowest BCUT2D eigenvalue weighted by Gasteiger charge is -2.16. The second-order valence-corrected chi connectivity index (χ2v) is 13.6. The average Bonchev–Trinajstić information content (AvgIpc) is 4.06. The molecular formula is C47H27F4N5O3. The van der Waals surface area contributed by atoms with E-state index in [0.29, 0.717) is 56.2 Å². The number of halogens is 4. The van der Waals surface area contributed by atoms with Crippen LogP contribution in [0.3, 0.4) is 0 Å². The number of phenols is 3. The van der Waals surface area contributed by atoms with Crippen LogP contribution in [0, 0.1) is 35.6 Å². The van der Waals surface area contributed by atoms with Crippen LogP contribution in [0.2, 0.25) is 0 Å². The van der Waals surface area contributed by atoms with E-state index in [4.69, 9.17) is 26.4 Å². The molecule has 0 saturated heterocycles. The molecular weight excluding hydrogens is 759 g/mol. The zero-order valence-electron chi connectivity index (χ0n) is 30.5. The largest absolute Gasteiger partial charge is 0.508 e.